The molecule has 1 spiro atoms. The van der Waals surface area contributed by atoms with Gasteiger partial charge in [0.15, 0.2) is 5.79 Å². The fourth-order valence-electron chi connectivity index (χ4n) is 3.90. The first-order chi connectivity index (χ1) is 10.9. The molecule has 3 aliphatic rings. The molecule has 0 bridgehead atoms. The van der Waals surface area contributed by atoms with Gasteiger partial charge in [0.05, 0.1) is 18.4 Å². The van der Waals surface area contributed by atoms with Gasteiger partial charge < -0.3 is 24.7 Å². The van der Waals surface area contributed by atoms with Gasteiger partial charge in [-0.3, -0.25) is 0 Å². The molecule has 2 aliphatic heterocycles. The number of hydrogen-bond acceptors (Lipinski definition) is 7. The smallest absolute Gasteiger partial charge is 0.163 e. The van der Waals surface area contributed by atoms with Crippen LogP contribution >= 0.6 is 22.6 Å². The van der Waals surface area contributed by atoms with E-state index in [1.165, 1.54) is 0 Å². The number of halogens is 1. The summed E-state index contributed by atoms with van der Waals surface area (Å²) in [4.78, 5) is 0. The third kappa shape index (κ3) is 2.44. The summed E-state index contributed by atoms with van der Waals surface area (Å²) in [5.41, 5.74) is 5.47. The predicted molar refractivity (Wildman–Crippen MR) is 87.7 cm³/mol. The van der Waals surface area contributed by atoms with Crippen molar-refractivity contribution >= 4 is 22.6 Å². The van der Waals surface area contributed by atoms with Crippen LogP contribution in [0.15, 0.2) is 6.20 Å². The van der Waals surface area contributed by atoms with Crippen LogP contribution in [0.25, 0.3) is 0 Å². The lowest BCUT2D eigenvalue weighted by Crippen LogP contribution is -2.64. The van der Waals surface area contributed by atoms with Gasteiger partial charge in [-0.25, -0.2) is 4.68 Å². The Balaban J connectivity index is 1.77. The van der Waals surface area contributed by atoms with Gasteiger partial charge in [0, 0.05) is 20.1 Å². The van der Waals surface area contributed by atoms with Crippen molar-refractivity contribution in [1.29, 1.82) is 0 Å². The molecule has 2 unspecified atom stereocenters. The van der Waals surface area contributed by atoms with E-state index in [1.54, 1.807) is 7.11 Å². The molecule has 0 amide bonds. The van der Waals surface area contributed by atoms with E-state index in [4.69, 9.17) is 24.7 Å². The highest BCUT2D eigenvalue weighted by molar-refractivity contribution is 14.1. The lowest BCUT2D eigenvalue weighted by Gasteiger charge is -2.51. The van der Waals surface area contributed by atoms with Gasteiger partial charge in [0.2, 0.25) is 0 Å². The molecule has 23 heavy (non-hydrogen) atoms. The van der Waals surface area contributed by atoms with Crippen LogP contribution in [-0.4, -0.2) is 64.5 Å². The van der Waals surface area contributed by atoms with E-state index < -0.39 is 11.4 Å². The molecule has 1 aromatic rings. The van der Waals surface area contributed by atoms with Gasteiger partial charge in [0.1, 0.15) is 27.6 Å². The van der Waals surface area contributed by atoms with Crippen LogP contribution in [0.5, 0.6) is 0 Å². The molecular formula is C14H21IN4O4. The maximum absolute atomic E-state index is 6.29. The van der Waals surface area contributed by atoms with Crippen LogP contribution in [0.4, 0.5) is 0 Å². The molecule has 2 N–H and O–H groups in total. The number of ether oxygens (including phenoxy) is 4. The molecule has 2 saturated heterocycles. The number of nitrogens with two attached hydrogens (primary N) is 1. The normalized spacial score (nSPS) is 44.5. The van der Waals surface area contributed by atoms with E-state index >= 15 is 0 Å². The van der Waals surface area contributed by atoms with Crippen LogP contribution < -0.4 is 5.73 Å². The topological polar surface area (TPSA) is 93.7 Å². The van der Waals surface area contributed by atoms with Gasteiger partial charge in [0.25, 0.3) is 0 Å². The van der Waals surface area contributed by atoms with E-state index in [-0.39, 0.29) is 30.5 Å². The van der Waals surface area contributed by atoms with Crippen LogP contribution in [0.1, 0.15) is 26.3 Å². The van der Waals surface area contributed by atoms with Gasteiger partial charge in [-0.15, -0.1) is 5.10 Å². The minimum Gasteiger partial charge on any atom is -0.376 e. The van der Waals surface area contributed by atoms with Crippen LogP contribution in [0, 0.1) is 3.70 Å². The number of methoxy groups -OCH3 is 1. The molecule has 4 rings (SSSR count). The molecule has 0 radical (unpaired) electrons. The molecule has 3 heterocycles. The molecule has 128 valence electrons. The van der Waals surface area contributed by atoms with Gasteiger partial charge in [-0.2, -0.15) is 0 Å². The first-order valence-electron chi connectivity index (χ1n) is 7.74. The monoisotopic (exact) mass is 436 g/mol. The Bertz CT molecular complexity index is 611. The second-order valence-electron chi connectivity index (χ2n) is 6.81. The minimum atomic E-state index is -0.668. The van der Waals surface area contributed by atoms with Crippen molar-refractivity contribution in [3.63, 3.8) is 0 Å². The Kier molecular flexibility index (Phi) is 3.75. The van der Waals surface area contributed by atoms with Crippen molar-refractivity contribution in [2.24, 2.45) is 5.73 Å². The Morgan fingerprint density at radius 1 is 1.43 bits per heavy atom. The standard InChI is InChI=1S/C14H21IN4O4/c1-13(2)22-8-4-14(8)12(23-13)10(19-6-9(15)17-18-19)11(20-3)7(5-16)21-14/h6-8,10-12H,4-5,16H2,1-3H3/t7-,8?,10-,11+,12-,14?/m1/s1. The molecular weight excluding hydrogens is 415 g/mol. The second-order valence-corrected chi connectivity index (χ2v) is 7.91. The molecule has 9 heteroatoms. The zero-order valence-corrected chi connectivity index (χ0v) is 15.5. The molecule has 1 aromatic heterocycles. The summed E-state index contributed by atoms with van der Waals surface area (Å²) >= 11 is 2.14. The third-order valence-corrected chi connectivity index (χ3v) is 5.38. The fourth-order valence-corrected chi connectivity index (χ4v) is 4.28. The second kappa shape index (κ2) is 5.33. The first kappa shape index (κ1) is 16.2. The first-order valence-corrected chi connectivity index (χ1v) is 8.82. The zero-order valence-electron chi connectivity index (χ0n) is 13.3. The van der Waals surface area contributed by atoms with E-state index in [1.807, 2.05) is 24.7 Å². The minimum absolute atomic E-state index is 0.0215. The molecule has 6 atom stereocenters. The van der Waals surface area contributed by atoms with Crippen molar-refractivity contribution in [1.82, 2.24) is 15.0 Å². The summed E-state index contributed by atoms with van der Waals surface area (Å²) in [6.45, 7) is 4.22. The molecule has 1 aliphatic carbocycles. The maximum Gasteiger partial charge on any atom is 0.163 e. The van der Waals surface area contributed by atoms with Crippen molar-refractivity contribution in [2.45, 2.75) is 62.1 Å². The summed E-state index contributed by atoms with van der Waals surface area (Å²) in [6.07, 6.45) is 2.00. The third-order valence-electron chi connectivity index (χ3n) is 4.88. The number of aromatic nitrogens is 3. The summed E-state index contributed by atoms with van der Waals surface area (Å²) in [6, 6.07) is -0.161. The number of hydrogen-bond donors (Lipinski definition) is 1. The Labute approximate surface area is 148 Å². The Morgan fingerprint density at radius 3 is 2.83 bits per heavy atom. The van der Waals surface area contributed by atoms with E-state index in [0.717, 1.165) is 10.1 Å². The van der Waals surface area contributed by atoms with Crippen LogP contribution in [0.3, 0.4) is 0 Å². The molecule has 8 nitrogen and oxygen atoms in total. The lowest BCUT2D eigenvalue weighted by molar-refractivity contribution is -0.351. The van der Waals surface area contributed by atoms with Gasteiger partial charge in [-0.1, -0.05) is 5.21 Å². The predicted octanol–water partition coefficient (Wildman–Crippen LogP) is 0.459. The average Bonchev–Trinajstić information content (AvgIpc) is 3.00. The highest BCUT2D eigenvalue weighted by atomic mass is 127. The highest BCUT2D eigenvalue weighted by Crippen LogP contribution is 2.59. The van der Waals surface area contributed by atoms with E-state index in [2.05, 4.69) is 32.9 Å². The van der Waals surface area contributed by atoms with Crippen molar-refractivity contribution < 1.29 is 18.9 Å². The number of rotatable bonds is 3. The highest BCUT2D eigenvalue weighted by Gasteiger charge is 2.73. The van der Waals surface area contributed by atoms with E-state index in [9.17, 15) is 0 Å². The van der Waals surface area contributed by atoms with Crippen molar-refractivity contribution in [2.75, 3.05) is 13.7 Å². The number of nitrogens with zero attached hydrogens (tertiary/aromatic N) is 3. The van der Waals surface area contributed by atoms with Crippen LogP contribution in [0.2, 0.25) is 0 Å². The summed E-state index contributed by atoms with van der Waals surface area (Å²) in [5.74, 6) is -0.668. The Morgan fingerprint density at radius 2 is 2.22 bits per heavy atom. The van der Waals surface area contributed by atoms with E-state index in [0.29, 0.717) is 6.54 Å². The Hall–Kier alpha value is -0.330. The van der Waals surface area contributed by atoms with Gasteiger partial charge >= 0.3 is 0 Å². The fraction of sp³-hybridized carbons (Fsp3) is 0.857. The summed E-state index contributed by atoms with van der Waals surface area (Å²) in [5, 5.41) is 8.36. The quantitative estimate of drug-likeness (QED) is 0.689. The van der Waals surface area contributed by atoms with Crippen molar-refractivity contribution in [3.8, 4) is 0 Å². The van der Waals surface area contributed by atoms with Gasteiger partial charge in [-0.05, 0) is 36.4 Å². The molecule has 0 aromatic carbocycles. The maximum atomic E-state index is 6.29. The SMILES string of the molecule is CO[C@@H]1[C@@H](n2cc(I)nn2)[C@H]2OC(C)(C)OC3CC32O[C@@H]1CN. The summed E-state index contributed by atoms with van der Waals surface area (Å²) in [7, 11) is 1.67. The zero-order chi connectivity index (χ0) is 16.4. The molecule has 1 saturated carbocycles. The lowest BCUT2D eigenvalue weighted by atomic mass is 9.89. The summed E-state index contributed by atoms with van der Waals surface area (Å²) < 4.78 is 26.9. The van der Waals surface area contributed by atoms with Crippen LogP contribution in [-0.2, 0) is 18.9 Å². The average molecular weight is 436 g/mol. The van der Waals surface area contributed by atoms with Crippen molar-refractivity contribution in [3.05, 3.63) is 9.90 Å². The molecule has 3 fully saturated rings. The largest absolute Gasteiger partial charge is 0.376 e.